The SMILES string of the molecule is C#Cc1ccn2cnc(C(=O)N[C@@H]3C[C@H]4CCN(C4)C3)cc12. The van der Waals surface area contributed by atoms with E-state index in [1.807, 2.05) is 16.7 Å². The number of carbonyl (C=O) groups is 1. The summed E-state index contributed by atoms with van der Waals surface area (Å²) >= 11 is 0. The molecule has 2 aliphatic heterocycles. The number of amides is 1. The summed E-state index contributed by atoms with van der Waals surface area (Å²) in [6.45, 7) is 3.30. The molecule has 22 heavy (non-hydrogen) atoms. The largest absolute Gasteiger partial charge is 0.347 e. The van der Waals surface area contributed by atoms with E-state index >= 15 is 0 Å². The highest BCUT2D eigenvalue weighted by Gasteiger charge is 2.33. The Hall–Kier alpha value is -2.32. The van der Waals surface area contributed by atoms with Crippen molar-refractivity contribution in [3.8, 4) is 12.3 Å². The van der Waals surface area contributed by atoms with E-state index in [4.69, 9.17) is 6.42 Å². The van der Waals surface area contributed by atoms with E-state index in [2.05, 4.69) is 21.1 Å². The molecule has 4 heterocycles. The number of aromatic nitrogens is 2. The molecule has 0 radical (unpaired) electrons. The number of nitrogens with one attached hydrogen (secondary N) is 1. The topological polar surface area (TPSA) is 49.6 Å². The van der Waals surface area contributed by atoms with E-state index in [-0.39, 0.29) is 11.9 Å². The average molecular weight is 294 g/mol. The van der Waals surface area contributed by atoms with Crippen molar-refractivity contribution in [3.63, 3.8) is 0 Å². The second-order valence-corrected chi connectivity index (χ2v) is 6.26. The van der Waals surface area contributed by atoms with Gasteiger partial charge < -0.3 is 14.6 Å². The van der Waals surface area contributed by atoms with Crippen molar-refractivity contribution in [1.29, 1.82) is 0 Å². The van der Waals surface area contributed by atoms with Crippen LogP contribution in [-0.4, -0.2) is 45.9 Å². The molecular weight excluding hydrogens is 276 g/mol. The van der Waals surface area contributed by atoms with Crippen LogP contribution in [0.5, 0.6) is 0 Å². The molecule has 1 amide bonds. The number of hydrogen-bond acceptors (Lipinski definition) is 3. The van der Waals surface area contributed by atoms with Crippen LogP contribution in [0.2, 0.25) is 0 Å². The van der Waals surface area contributed by atoms with Gasteiger partial charge in [-0.1, -0.05) is 5.92 Å². The molecule has 2 aromatic rings. The average Bonchev–Trinajstić information content (AvgIpc) is 3.09. The van der Waals surface area contributed by atoms with Gasteiger partial charge in [0.05, 0.1) is 5.52 Å². The van der Waals surface area contributed by atoms with Crippen LogP contribution in [0.4, 0.5) is 0 Å². The van der Waals surface area contributed by atoms with Crippen LogP contribution in [0.3, 0.4) is 0 Å². The predicted octanol–water partition coefficient (Wildman–Crippen LogP) is 1.14. The highest BCUT2D eigenvalue weighted by Crippen LogP contribution is 2.26. The van der Waals surface area contributed by atoms with E-state index in [0.717, 1.165) is 36.5 Å². The Kier molecular flexibility index (Phi) is 3.12. The van der Waals surface area contributed by atoms with Crippen molar-refractivity contribution in [2.24, 2.45) is 5.92 Å². The third-order valence-electron chi connectivity index (χ3n) is 4.74. The lowest BCUT2D eigenvalue weighted by Gasteiger charge is -2.30. The Morgan fingerprint density at radius 3 is 3.18 bits per heavy atom. The minimum Gasteiger partial charge on any atom is -0.347 e. The fraction of sp³-hybridized carbons (Fsp3) is 0.412. The van der Waals surface area contributed by atoms with Gasteiger partial charge in [0.1, 0.15) is 12.0 Å². The van der Waals surface area contributed by atoms with E-state index < -0.39 is 0 Å². The third-order valence-corrected chi connectivity index (χ3v) is 4.74. The number of nitrogens with zero attached hydrogens (tertiary/aromatic N) is 3. The third kappa shape index (κ3) is 2.26. The molecule has 4 rings (SSSR count). The molecular formula is C17H18N4O. The highest BCUT2D eigenvalue weighted by molar-refractivity contribution is 5.93. The highest BCUT2D eigenvalue weighted by atomic mass is 16.1. The zero-order valence-corrected chi connectivity index (χ0v) is 12.3. The van der Waals surface area contributed by atoms with Crippen LogP contribution < -0.4 is 5.32 Å². The minimum absolute atomic E-state index is 0.112. The maximum atomic E-state index is 12.5. The number of fused-ring (bicyclic) bond motifs is 3. The zero-order valence-electron chi connectivity index (χ0n) is 12.3. The number of piperidine rings is 1. The van der Waals surface area contributed by atoms with Gasteiger partial charge in [-0.15, -0.1) is 6.42 Å². The van der Waals surface area contributed by atoms with Gasteiger partial charge in [0.25, 0.3) is 5.91 Å². The van der Waals surface area contributed by atoms with Gasteiger partial charge >= 0.3 is 0 Å². The Morgan fingerprint density at radius 1 is 1.45 bits per heavy atom. The summed E-state index contributed by atoms with van der Waals surface area (Å²) in [7, 11) is 0. The normalized spacial score (nSPS) is 26.8. The molecule has 2 saturated heterocycles. The van der Waals surface area contributed by atoms with Crippen molar-refractivity contribution in [1.82, 2.24) is 19.6 Å². The molecule has 1 unspecified atom stereocenters. The predicted molar refractivity (Wildman–Crippen MR) is 83.5 cm³/mol. The molecule has 5 heteroatoms. The van der Waals surface area contributed by atoms with Crippen LogP contribution in [0, 0.1) is 18.3 Å². The molecule has 2 fully saturated rings. The Bertz CT molecular complexity index is 761. The molecule has 0 spiro atoms. The van der Waals surface area contributed by atoms with Crippen molar-refractivity contribution in [2.45, 2.75) is 18.9 Å². The van der Waals surface area contributed by atoms with Crippen molar-refractivity contribution >= 4 is 11.4 Å². The van der Waals surface area contributed by atoms with Gasteiger partial charge in [-0.2, -0.15) is 0 Å². The minimum atomic E-state index is -0.112. The zero-order chi connectivity index (χ0) is 15.1. The Labute approximate surface area is 129 Å². The fourth-order valence-corrected chi connectivity index (χ4v) is 3.67. The van der Waals surface area contributed by atoms with Gasteiger partial charge in [0, 0.05) is 30.9 Å². The van der Waals surface area contributed by atoms with Gasteiger partial charge in [-0.3, -0.25) is 4.79 Å². The fourth-order valence-electron chi connectivity index (χ4n) is 3.67. The standard InChI is InChI=1S/C17H18N4O/c1-2-13-4-6-21-11-18-15(8-16(13)21)17(22)19-14-7-12-3-5-20(9-12)10-14/h1,4,6,8,11-12,14H,3,5,7,9-10H2,(H,19,22)/t12-,14-/m1/s1. The first kappa shape index (κ1) is 13.4. The second-order valence-electron chi connectivity index (χ2n) is 6.26. The lowest BCUT2D eigenvalue weighted by Crippen LogP contribution is -2.47. The van der Waals surface area contributed by atoms with Gasteiger partial charge in [-0.05, 0) is 37.4 Å². The van der Waals surface area contributed by atoms with Gasteiger partial charge in [0.15, 0.2) is 0 Å². The van der Waals surface area contributed by atoms with Crippen LogP contribution in [0.1, 0.15) is 28.9 Å². The summed E-state index contributed by atoms with van der Waals surface area (Å²) < 4.78 is 1.83. The number of hydrogen-bond donors (Lipinski definition) is 1. The van der Waals surface area contributed by atoms with Gasteiger partial charge in [-0.25, -0.2) is 4.98 Å². The first-order valence-electron chi connectivity index (χ1n) is 7.69. The monoisotopic (exact) mass is 294 g/mol. The molecule has 5 nitrogen and oxygen atoms in total. The first-order chi connectivity index (χ1) is 10.7. The number of rotatable bonds is 2. The number of terminal acetylenes is 1. The molecule has 0 saturated carbocycles. The lowest BCUT2D eigenvalue weighted by atomic mass is 9.97. The van der Waals surface area contributed by atoms with Crippen LogP contribution in [-0.2, 0) is 0 Å². The summed E-state index contributed by atoms with van der Waals surface area (Å²) in [6, 6.07) is 3.85. The molecule has 112 valence electrons. The van der Waals surface area contributed by atoms with Crippen LogP contribution in [0.25, 0.3) is 5.52 Å². The molecule has 2 aliphatic rings. The molecule has 0 aromatic carbocycles. The maximum Gasteiger partial charge on any atom is 0.270 e. The van der Waals surface area contributed by atoms with Crippen LogP contribution in [0.15, 0.2) is 24.7 Å². The van der Waals surface area contributed by atoms with Crippen LogP contribution >= 0.6 is 0 Å². The molecule has 2 aromatic heterocycles. The molecule has 1 N–H and O–H groups in total. The van der Waals surface area contributed by atoms with Gasteiger partial charge in [0.2, 0.25) is 0 Å². The summed E-state index contributed by atoms with van der Waals surface area (Å²) in [5.74, 6) is 3.25. The Balaban J connectivity index is 1.54. The number of carbonyl (C=O) groups excluding carboxylic acids is 1. The summed E-state index contributed by atoms with van der Waals surface area (Å²) in [4.78, 5) is 19.1. The summed E-state index contributed by atoms with van der Waals surface area (Å²) in [5.41, 5.74) is 2.05. The van der Waals surface area contributed by atoms with E-state index in [1.165, 1.54) is 13.0 Å². The summed E-state index contributed by atoms with van der Waals surface area (Å²) in [5, 5.41) is 3.13. The van der Waals surface area contributed by atoms with Crippen molar-refractivity contribution < 1.29 is 4.79 Å². The van der Waals surface area contributed by atoms with Crippen molar-refractivity contribution in [2.75, 3.05) is 19.6 Å². The van der Waals surface area contributed by atoms with E-state index in [0.29, 0.717) is 5.69 Å². The molecule has 3 atom stereocenters. The first-order valence-corrected chi connectivity index (χ1v) is 7.69. The smallest absolute Gasteiger partial charge is 0.270 e. The lowest BCUT2D eigenvalue weighted by molar-refractivity contribution is 0.0904. The maximum absolute atomic E-state index is 12.5. The Morgan fingerprint density at radius 2 is 2.36 bits per heavy atom. The quantitative estimate of drug-likeness (QED) is 0.845. The second kappa shape index (κ2) is 5.15. The van der Waals surface area contributed by atoms with E-state index in [9.17, 15) is 4.79 Å². The van der Waals surface area contributed by atoms with E-state index in [1.54, 1.807) is 12.4 Å². The molecule has 0 aliphatic carbocycles. The molecule has 2 bridgehead atoms. The summed E-state index contributed by atoms with van der Waals surface area (Å²) in [6.07, 6.45) is 11.3. The van der Waals surface area contributed by atoms with Crippen molar-refractivity contribution in [3.05, 3.63) is 35.9 Å².